The molecule has 7 aromatic rings. The lowest BCUT2D eigenvalue weighted by Crippen LogP contribution is -2.14. The average Bonchev–Trinajstić information content (AvgIpc) is 3.92. The molecule has 0 radical (unpaired) electrons. The molecule has 268 valence electrons. The second-order valence-corrected chi connectivity index (χ2v) is 14.7. The molecule has 2 aromatic carbocycles. The summed E-state index contributed by atoms with van der Waals surface area (Å²) in [6.07, 6.45) is 8.44. The molecular formula is C35H39ClN14S2. The molecule has 5 heterocycles. The number of anilines is 2. The third-order valence-corrected chi connectivity index (χ3v) is 10.4. The predicted molar refractivity (Wildman–Crippen MR) is 206 cm³/mol. The van der Waals surface area contributed by atoms with Crippen LogP contribution in [0.4, 0.5) is 11.9 Å². The maximum Gasteiger partial charge on any atom is 0.228 e. The third-order valence-electron chi connectivity index (χ3n) is 8.99. The fourth-order valence-electron chi connectivity index (χ4n) is 6.08. The van der Waals surface area contributed by atoms with E-state index in [4.69, 9.17) is 36.6 Å². The Kier molecular flexibility index (Phi) is 10.6. The van der Waals surface area contributed by atoms with Crippen LogP contribution in [-0.4, -0.2) is 71.9 Å². The molecule has 17 heteroatoms. The molecule has 0 fully saturated rings. The van der Waals surface area contributed by atoms with E-state index < -0.39 is 0 Å². The number of nitrogens with one attached hydrogen (secondary N) is 2. The van der Waals surface area contributed by atoms with Crippen molar-refractivity contribution >= 4 is 58.3 Å². The van der Waals surface area contributed by atoms with E-state index in [1.165, 1.54) is 23.5 Å². The molecule has 0 spiro atoms. The Bertz CT molecular complexity index is 2330. The molecule has 2 N–H and O–H groups in total. The topological polar surface area (TPSA) is 154 Å². The number of aryl methyl sites for hydroxylation is 1. The molecule has 52 heavy (non-hydrogen) atoms. The van der Waals surface area contributed by atoms with Crippen molar-refractivity contribution in [2.45, 2.75) is 75.4 Å². The fraction of sp³-hybridized carbons (Fsp3) is 0.343. The predicted octanol–water partition coefficient (Wildman–Crippen LogP) is 7.42. The van der Waals surface area contributed by atoms with E-state index in [1.54, 1.807) is 9.03 Å². The lowest BCUT2D eigenvalue weighted by molar-refractivity contribution is 0.524. The zero-order valence-electron chi connectivity index (χ0n) is 29.7. The van der Waals surface area contributed by atoms with Crippen LogP contribution in [-0.2, 0) is 13.1 Å². The van der Waals surface area contributed by atoms with E-state index in [2.05, 4.69) is 65.0 Å². The highest BCUT2D eigenvalue weighted by Gasteiger charge is 2.21. The molecule has 0 aliphatic rings. The summed E-state index contributed by atoms with van der Waals surface area (Å²) in [6, 6.07) is 15.8. The molecular weight excluding hydrogens is 716 g/mol. The number of hydrogen-bond acceptors (Lipinski definition) is 13. The number of thioether (sulfide) groups is 2. The summed E-state index contributed by atoms with van der Waals surface area (Å²) in [4.78, 5) is 19.1. The molecule has 0 amide bonds. The first-order valence-corrected chi connectivity index (χ1v) is 19.8. The fourth-order valence-corrected chi connectivity index (χ4v) is 7.09. The number of tetrazole rings is 1. The van der Waals surface area contributed by atoms with Gasteiger partial charge in [-0.05, 0) is 65.3 Å². The van der Waals surface area contributed by atoms with E-state index in [-0.39, 0.29) is 17.9 Å². The van der Waals surface area contributed by atoms with Gasteiger partial charge in [0.15, 0.2) is 27.4 Å². The number of hydrogen-bond donors (Lipinski definition) is 2. The van der Waals surface area contributed by atoms with E-state index >= 15 is 0 Å². The smallest absolute Gasteiger partial charge is 0.228 e. The minimum absolute atomic E-state index is 0.0963. The molecule has 0 saturated heterocycles. The number of benzene rings is 2. The van der Waals surface area contributed by atoms with Crippen LogP contribution in [0.5, 0.6) is 0 Å². The van der Waals surface area contributed by atoms with Crippen LogP contribution in [0.25, 0.3) is 22.7 Å². The molecule has 2 unspecified atom stereocenters. The maximum atomic E-state index is 6.50. The molecule has 0 bridgehead atoms. The number of aromatic nitrogens is 12. The standard InChI is InChI=1S/C35H39ClN14S2/c1-20(2)26-18-38-49-29(26)41-34(51-5)43-32(49)37-17-23-11-7-8-13-25(23)31-45-46-47-48(31)16-15-21(3)27-19-39-50-30(27)42-35(52-6)44-33(50)40-22(4)24-12-9-10-14-28(24)36/h7-14,18-22H,15-17H2,1-6H3,(H,37,41,43)(H,40,42,44). The number of nitrogens with zero attached hydrogens (tertiary/aromatic N) is 12. The van der Waals surface area contributed by atoms with Gasteiger partial charge in [-0.2, -0.15) is 29.2 Å². The molecule has 14 nitrogen and oxygen atoms in total. The second-order valence-electron chi connectivity index (χ2n) is 12.7. The maximum absolute atomic E-state index is 6.50. The summed E-state index contributed by atoms with van der Waals surface area (Å²) in [5, 5.41) is 31.3. The van der Waals surface area contributed by atoms with Crippen molar-refractivity contribution in [2.75, 3.05) is 23.1 Å². The molecule has 0 aliphatic carbocycles. The second kappa shape index (κ2) is 15.4. The first-order chi connectivity index (χ1) is 25.2. The summed E-state index contributed by atoms with van der Waals surface area (Å²) in [6.45, 7) is 9.58. The lowest BCUT2D eigenvalue weighted by atomic mass is 10.0. The highest BCUT2D eigenvalue weighted by atomic mass is 35.5. The highest BCUT2D eigenvalue weighted by molar-refractivity contribution is 7.98. The van der Waals surface area contributed by atoms with Crippen molar-refractivity contribution in [1.29, 1.82) is 0 Å². The van der Waals surface area contributed by atoms with Crippen molar-refractivity contribution in [3.05, 3.63) is 88.2 Å². The largest absolute Gasteiger partial charge is 0.350 e. The van der Waals surface area contributed by atoms with Gasteiger partial charge in [0.05, 0.1) is 18.4 Å². The molecule has 0 saturated carbocycles. The van der Waals surface area contributed by atoms with Gasteiger partial charge in [-0.15, -0.1) is 5.10 Å². The number of halogens is 1. The summed E-state index contributed by atoms with van der Waals surface area (Å²) in [7, 11) is 0. The van der Waals surface area contributed by atoms with Crippen molar-refractivity contribution < 1.29 is 0 Å². The van der Waals surface area contributed by atoms with Crippen molar-refractivity contribution in [1.82, 2.24) is 59.4 Å². The molecule has 7 rings (SSSR count). The number of fused-ring (bicyclic) bond motifs is 2. The Labute approximate surface area is 314 Å². The zero-order valence-corrected chi connectivity index (χ0v) is 32.1. The van der Waals surface area contributed by atoms with Crippen LogP contribution in [0.2, 0.25) is 5.02 Å². The minimum atomic E-state index is -0.0963. The van der Waals surface area contributed by atoms with Crippen molar-refractivity contribution in [3.8, 4) is 11.4 Å². The Morgan fingerprint density at radius 1 is 0.769 bits per heavy atom. The van der Waals surface area contributed by atoms with Crippen LogP contribution in [0.3, 0.4) is 0 Å². The van der Waals surface area contributed by atoms with Gasteiger partial charge in [0.25, 0.3) is 0 Å². The van der Waals surface area contributed by atoms with Crippen LogP contribution in [0.1, 0.15) is 74.2 Å². The molecule has 0 aliphatic heterocycles. The Balaban J connectivity index is 1.10. The van der Waals surface area contributed by atoms with Gasteiger partial charge < -0.3 is 10.6 Å². The van der Waals surface area contributed by atoms with Gasteiger partial charge in [0, 0.05) is 34.8 Å². The normalized spacial score (nSPS) is 12.9. The molecule has 5 aromatic heterocycles. The van der Waals surface area contributed by atoms with E-state index in [0.717, 1.165) is 45.5 Å². The SMILES string of the molecule is CSc1nc(NCc2ccccc2-c2nnnn2CCC(C)c2cnn3c(NC(C)c4ccccc4Cl)nc(SC)nc23)n2ncc(C(C)C)c2n1. The highest BCUT2D eigenvalue weighted by Crippen LogP contribution is 2.30. The van der Waals surface area contributed by atoms with Crippen LogP contribution < -0.4 is 10.6 Å². The average molecular weight is 755 g/mol. The summed E-state index contributed by atoms with van der Waals surface area (Å²) in [5.41, 5.74) is 6.60. The Morgan fingerprint density at radius 2 is 1.42 bits per heavy atom. The van der Waals surface area contributed by atoms with E-state index in [1.807, 2.05) is 72.1 Å². The van der Waals surface area contributed by atoms with Crippen LogP contribution >= 0.6 is 35.1 Å². The van der Waals surface area contributed by atoms with E-state index in [0.29, 0.717) is 46.1 Å². The third kappa shape index (κ3) is 7.14. The minimum Gasteiger partial charge on any atom is -0.350 e. The molecule has 2 atom stereocenters. The van der Waals surface area contributed by atoms with Gasteiger partial charge in [0.1, 0.15) is 0 Å². The monoisotopic (exact) mass is 754 g/mol. The first-order valence-electron chi connectivity index (χ1n) is 16.9. The van der Waals surface area contributed by atoms with Gasteiger partial charge in [-0.25, -0.2) is 14.6 Å². The first kappa shape index (κ1) is 35.6. The Morgan fingerprint density at radius 3 is 2.15 bits per heavy atom. The van der Waals surface area contributed by atoms with Gasteiger partial charge in [-0.1, -0.05) is 98.4 Å². The van der Waals surface area contributed by atoms with Gasteiger partial charge in [0.2, 0.25) is 11.9 Å². The van der Waals surface area contributed by atoms with Gasteiger partial charge in [-0.3, -0.25) is 0 Å². The van der Waals surface area contributed by atoms with Gasteiger partial charge >= 0.3 is 0 Å². The quantitative estimate of drug-likeness (QED) is 0.106. The Hall–Kier alpha value is -4.80. The van der Waals surface area contributed by atoms with Crippen LogP contribution in [0, 0.1) is 0 Å². The van der Waals surface area contributed by atoms with Crippen molar-refractivity contribution in [2.24, 2.45) is 0 Å². The summed E-state index contributed by atoms with van der Waals surface area (Å²) >= 11 is 9.49. The van der Waals surface area contributed by atoms with E-state index in [9.17, 15) is 0 Å². The number of rotatable bonds is 14. The zero-order chi connectivity index (χ0) is 36.4. The van der Waals surface area contributed by atoms with Crippen molar-refractivity contribution in [3.63, 3.8) is 0 Å². The summed E-state index contributed by atoms with van der Waals surface area (Å²) < 4.78 is 5.40. The lowest BCUT2D eigenvalue weighted by Gasteiger charge is -2.17. The van der Waals surface area contributed by atoms with Crippen LogP contribution in [0.15, 0.2) is 71.2 Å². The summed E-state index contributed by atoms with van der Waals surface area (Å²) in [5.74, 6) is 2.31.